The number of rotatable bonds is 6. The number of hydrogen-bond donors (Lipinski definition) is 2. The summed E-state index contributed by atoms with van der Waals surface area (Å²) in [6.45, 7) is 3.13. The molecule has 0 aromatic heterocycles. The molecule has 0 aliphatic carbocycles. The highest BCUT2D eigenvalue weighted by Crippen LogP contribution is 2.17. The van der Waals surface area contributed by atoms with Gasteiger partial charge in [-0.05, 0) is 30.2 Å². The molecule has 1 rings (SSSR count). The lowest BCUT2D eigenvalue weighted by Crippen LogP contribution is -2.26. The Hall–Kier alpha value is -0.450. The third kappa shape index (κ3) is 4.60. The quantitative estimate of drug-likeness (QED) is 0.844. The summed E-state index contributed by atoms with van der Waals surface area (Å²) >= 11 is 3.36. The van der Waals surface area contributed by atoms with Crippen LogP contribution >= 0.6 is 15.9 Å². The third-order valence-electron chi connectivity index (χ3n) is 2.33. The van der Waals surface area contributed by atoms with Gasteiger partial charge in [0.15, 0.2) is 0 Å². The number of aliphatic hydroxyl groups is 1. The zero-order valence-corrected chi connectivity index (χ0v) is 10.9. The molecular formula is C12H17BrFNO. The summed E-state index contributed by atoms with van der Waals surface area (Å²) in [5, 5.41) is 12.6. The average Bonchev–Trinajstić information content (AvgIpc) is 2.23. The van der Waals surface area contributed by atoms with Crippen molar-refractivity contribution in [3.8, 4) is 0 Å². The molecule has 0 heterocycles. The van der Waals surface area contributed by atoms with Crippen LogP contribution in [0, 0.1) is 5.82 Å². The van der Waals surface area contributed by atoms with Crippen LogP contribution in [0.15, 0.2) is 22.7 Å². The average molecular weight is 290 g/mol. The van der Waals surface area contributed by atoms with E-state index in [-0.39, 0.29) is 11.9 Å². The SMILES string of the molecule is CCCC(O)CNCc1cc(F)ccc1Br. The van der Waals surface area contributed by atoms with Crippen LogP contribution in [0.2, 0.25) is 0 Å². The third-order valence-corrected chi connectivity index (χ3v) is 3.10. The summed E-state index contributed by atoms with van der Waals surface area (Å²) in [6.07, 6.45) is 1.43. The minimum absolute atomic E-state index is 0.242. The maximum atomic E-state index is 13.0. The van der Waals surface area contributed by atoms with Crippen molar-refractivity contribution in [2.45, 2.75) is 32.4 Å². The van der Waals surface area contributed by atoms with Gasteiger partial charge in [0, 0.05) is 17.6 Å². The Morgan fingerprint density at radius 1 is 1.50 bits per heavy atom. The molecule has 1 unspecified atom stereocenters. The molecule has 0 amide bonds. The predicted octanol–water partition coefficient (Wildman–Crippen LogP) is 2.84. The van der Waals surface area contributed by atoms with Crippen molar-refractivity contribution in [2.75, 3.05) is 6.54 Å². The first kappa shape index (κ1) is 13.6. The molecule has 1 atom stereocenters. The molecule has 1 aromatic rings. The molecule has 0 fully saturated rings. The van der Waals surface area contributed by atoms with E-state index in [9.17, 15) is 9.50 Å². The molecular weight excluding hydrogens is 273 g/mol. The highest BCUT2D eigenvalue weighted by atomic mass is 79.9. The van der Waals surface area contributed by atoms with Crippen molar-refractivity contribution in [1.82, 2.24) is 5.32 Å². The molecule has 4 heteroatoms. The number of benzene rings is 1. The molecule has 0 bridgehead atoms. The van der Waals surface area contributed by atoms with Gasteiger partial charge in [-0.1, -0.05) is 29.3 Å². The van der Waals surface area contributed by atoms with Crippen LogP contribution in [0.5, 0.6) is 0 Å². The van der Waals surface area contributed by atoms with E-state index < -0.39 is 0 Å². The van der Waals surface area contributed by atoms with Gasteiger partial charge in [-0.25, -0.2) is 4.39 Å². The number of aliphatic hydroxyl groups excluding tert-OH is 1. The van der Waals surface area contributed by atoms with Crippen LogP contribution in [0.1, 0.15) is 25.3 Å². The van der Waals surface area contributed by atoms with Gasteiger partial charge in [0.05, 0.1) is 6.10 Å². The minimum Gasteiger partial charge on any atom is -0.392 e. The lowest BCUT2D eigenvalue weighted by Gasteiger charge is -2.11. The van der Waals surface area contributed by atoms with Gasteiger partial charge in [0.2, 0.25) is 0 Å². The lowest BCUT2D eigenvalue weighted by molar-refractivity contribution is 0.160. The summed E-state index contributed by atoms with van der Waals surface area (Å²) in [5.41, 5.74) is 0.865. The Kier molecular flexibility index (Phi) is 5.95. The molecule has 16 heavy (non-hydrogen) atoms. The Morgan fingerprint density at radius 3 is 2.94 bits per heavy atom. The standard InChI is InChI=1S/C12H17BrFNO/c1-2-3-11(16)8-15-7-9-6-10(14)4-5-12(9)13/h4-6,11,15-16H,2-3,7-8H2,1H3. The van der Waals surface area contributed by atoms with Gasteiger partial charge in [-0.2, -0.15) is 0 Å². The van der Waals surface area contributed by atoms with Gasteiger partial charge < -0.3 is 10.4 Å². The normalized spacial score (nSPS) is 12.8. The van der Waals surface area contributed by atoms with E-state index >= 15 is 0 Å². The molecule has 2 N–H and O–H groups in total. The summed E-state index contributed by atoms with van der Waals surface area (Å²) in [4.78, 5) is 0. The molecule has 90 valence electrons. The minimum atomic E-state index is -0.322. The fraction of sp³-hybridized carbons (Fsp3) is 0.500. The highest BCUT2D eigenvalue weighted by molar-refractivity contribution is 9.10. The van der Waals surface area contributed by atoms with E-state index in [2.05, 4.69) is 21.2 Å². The summed E-state index contributed by atoms with van der Waals surface area (Å²) < 4.78 is 13.8. The second-order valence-corrected chi connectivity index (χ2v) is 4.66. The zero-order chi connectivity index (χ0) is 12.0. The summed E-state index contributed by atoms with van der Waals surface area (Å²) in [5.74, 6) is -0.242. The van der Waals surface area contributed by atoms with Crippen LogP contribution < -0.4 is 5.32 Å². The van der Waals surface area contributed by atoms with E-state index in [1.54, 1.807) is 6.07 Å². The fourth-order valence-electron chi connectivity index (χ4n) is 1.49. The maximum Gasteiger partial charge on any atom is 0.123 e. The number of nitrogens with one attached hydrogen (secondary N) is 1. The summed E-state index contributed by atoms with van der Waals surface area (Å²) in [7, 11) is 0. The van der Waals surface area contributed by atoms with Gasteiger partial charge in [-0.3, -0.25) is 0 Å². The van der Waals surface area contributed by atoms with E-state index in [4.69, 9.17) is 0 Å². The van der Waals surface area contributed by atoms with Crippen molar-refractivity contribution >= 4 is 15.9 Å². The smallest absolute Gasteiger partial charge is 0.123 e. The molecule has 2 nitrogen and oxygen atoms in total. The van der Waals surface area contributed by atoms with Gasteiger partial charge in [-0.15, -0.1) is 0 Å². The van der Waals surface area contributed by atoms with Crippen molar-refractivity contribution in [3.05, 3.63) is 34.1 Å². The summed E-state index contributed by atoms with van der Waals surface area (Å²) in [6, 6.07) is 4.59. The predicted molar refractivity (Wildman–Crippen MR) is 66.7 cm³/mol. The van der Waals surface area contributed by atoms with Crippen LogP contribution in [0.4, 0.5) is 4.39 Å². The van der Waals surface area contributed by atoms with Crippen molar-refractivity contribution < 1.29 is 9.50 Å². The molecule has 0 radical (unpaired) electrons. The first-order valence-corrected chi connectivity index (χ1v) is 6.25. The van der Waals surface area contributed by atoms with E-state index in [1.807, 2.05) is 6.92 Å². The first-order chi connectivity index (χ1) is 7.63. The fourth-order valence-corrected chi connectivity index (χ4v) is 1.87. The van der Waals surface area contributed by atoms with Crippen LogP contribution in [0.25, 0.3) is 0 Å². The van der Waals surface area contributed by atoms with E-state index in [1.165, 1.54) is 12.1 Å². The van der Waals surface area contributed by atoms with Gasteiger partial charge in [0.25, 0.3) is 0 Å². The number of hydrogen-bond acceptors (Lipinski definition) is 2. The topological polar surface area (TPSA) is 32.3 Å². The molecule has 0 saturated carbocycles. The largest absolute Gasteiger partial charge is 0.392 e. The second kappa shape index (κ2) is 6.99. The monoisotopic (exact) mass is 289 g/mol. The first-order valence-electron chi connectivity index (χ1n) is 5.46. The Bertz CT molecular complexity index is 333. The van der Waals surface area contributed by atoms with E-state index in [0.29, 0.717) is 13.1 Å². The zero-order valence-electron chi connectivity index (χ0n) is 9.34. The second-order valence-electron chi connectivity index (χ2n) is 3.81. The Balaban J connectivity index is 2.39. The van der Waals surface area contributed by atoms with Crippen LogP contribution in [0.3, 0.4) is 0 Å². The van der Waals surface area contributed by atoms with Gasteiger partial charge >= 0.3 is 0 Å². The highest BCUT2D eigenvalue weighted by Gasteiger charge is 2.04. The molecule has 0 aliphatic rings. The number of halogens is 2. The van der Waals surface area contributed by atoms with E-state index in [0.717, 1.165) is 22.9 Å². The van der Waals surface area contributed by atoms with Gasteiger partial charge in [0.1, 0.15) is 5.82 Å². The van der Waals surface area contributed by atoms with Crippen molar-refractivity contribution in [2.24, 2.45) is 0 Å². The molecule has 0 spiro atoms. The Morgan fingerprint density at radius 2 is 2.25 bits per heavy atom. The lowest BCUT2D eigenvalue weighted by atomic mass is 10.2. The Labute approximate surface area is 104 Å². The maximum absolute atomic E-state index is 13.0. The van der Waals surface area contributed by atoms with Crippen LogP contribution in [-0.4, -0.2) is 17.8 Å². The molecule has 1 aromatic carbocycles. The molecule has 0 saturated heterocycles. The van der Waals surface area contributed by atoms with Crippen molar-refractivity contribution in [3.63, 3.8) is 0 Å². The van der Waals surface area contributed by atoms with Crippen molar-refractivity contribution in [1.29, 1.82) is 0 Å². The molecule has 0 aliphatic heterocycles. The van der Waals surface area contributed by atoms with Crippen LogP contribution in [-0.2, 0) is 6.54 Å².